The highest BCUT2D eigenvalue weighted by atomic mass is 15.3. The Kier molecular flexibility index (Phi) is 4.96. The van der Waals surface area contributed by atoms with E-state index in [2.05, 4.69) is 27.6 Å². The van der Waals surface area contributed by atoms with Gasteiger partial charge in [0, 0.05) is 17.8 Å². The Hall–Kier alpha value is -1.36. The number of hydrogen-bond donors (Lipinski definition) is 3. The molecule has 0 aromatic carbocycles. The van der Waals surface area contributed by atoms with Crippen LogP contribution in [0.15, 0.2) is 6.07 Å². The Balaban J connectivity index is 1.90. The zero-order valence-corrected chi connectivity index (χ0v) is 11.9. The summed E-state index contributed by atoms with van der Waals surface area (Å²) in [4.78, 5) is 8.54. The Bertz CT molecular complexity index is 399. The van der Waals surface area contributed by atoms with Gasteiger partial charge in [0.05, 0.1) is 0 Å². The number of nitrogen functional groups attached to an aromatic ring is 1. The van der Waals surface area contributed by atoms with Crippen LogP contribution >= 0.6 is 0 Å². The van der Waals surface area contributed by atoms with Crippen molar-refractivity contribution >= 4 is 11.8 Å². The van der Waals surface area contributed by atoms with Crippen molar-refractivity contribution in [3.8, 4) is 0 Å². The molecule has 0 spiro atoms. The van der Waals surface area contributed by atoms with Gasteiger partial charge in [0.15, 0.2) is 0 Å². The van der Waals surface area contributed by atoms with Gasteiger partial charge in [-0.1, -0.05) is 19.8 Å². The van der Waals surface area contributed by atoms with Crippen molar-refractivity contribution in [1.82, 2.24) is 9.97 Å². The van der Waals surface area contributed by atoms with Gasteiger partial charge in [-0.3, -0.25) is 5.43 Å². The van der Waals surface area contributed by atoms with Crippen molar-refractivity contribution in [3.05, 3.63) is 11.8 Å². The fourth-order valence-electron chi connectivity index (χ4n) is 2.92. The lowest BCUT2D eigenvalue weighted by Gasteiger charge is -2.29. The van der Waals surface area contributed by atoms with Crippen molar-refractivity contribution in [2.75, 3.05) is 10.7 Å². The molecule has 0 amide bonds. The van der Waals surface area contributed by atoms with E-state index in [0.29, 0.717) is 12.0 Å². The third kappa shape index (κ3) is 4.06. The Labute approximate surface area is 115 Å². The lowest BCUT2D eigenvalue weighted by molar-refractivity contribution is 0.318. The normalized spacial score (nSPS) is 23.1. The van der Waals surface area contributed by atoms with Crippen LogP contribution < -0.4 is 16.6 Å². The lowest BCUT2D eigenvalue weighted by atomic mass is 9.83. The van der Waals surface area contributed by atoms with Crippen molar-refractivity contribution in [2.24, 2.45) is 11.8 Å². The fourth-order valence-corrected chi connectivity index (χ4v) is 2.92. The van der Waals surface area contributed by atoms with E-state index >= 15 is 0 Å². The Morgan fingerprint density at radius 3 is 2.63 bits per heavy atom. The minimum absolute atomic E-state index is 0.474. The molecule has 5 heteroatoms. The fraction of sp³-hybridized carbons (Fsp3) is 0.714. The minimum atomic E-state index is 0.474. The average molecular weight is 263 g/mol. The topological polar surface area (TPSA) is 75.9 Å². The van der Waals surface area contributed by atoms with Gasteiger partial charge in [-0.25, -0.2) is 10.8 Å². The maximum absolute atomic E-state index is 5.37. The summed E-state index contributed by atoms with van der Waals surface area (Å²) in [5, 5.41) is 3.51. The summed E-state index contributed by atoms with van der Waals surface area (Å²) in [7, 11) is 0. The van der Waals surface area contributed by atoms with E-state index in [0.717, 1.165) is 17.4 Å². The molecule has 0 saturated heterocycles. The first-order valence-electron chi connectivity index (χ1n) is 7.30. The molecule has 1 fully saturated rings. The number of hydrazine groups is 1. The predicted molar refractivity (Wildman–Crippen MR) is 78.9 cm³/mol. The summed E-state index contributed by atoms with van der Waals surface area (Å²) in [6.45, 7) is 4.22. The second kappa shape index (κ2) is 6.70. The predicted octanol–water partition coefficient (Wildman–Crippen LogP) is 2.84. The molecule has 0 unspecified atom stereocenters. The highest BCUT2D eigenvalue weighted by Crippen LogP contribution is 2.29. The zero-order chi connectivity index (χ0) is 13.7. The summed E-state index contributed by atoms with van der Waals surface area (Å²) in [5.74, 6) is 7.65. The molecule has 1 heterocycles. The summed E-state index contributed by atoms with van der Waals surface area (Å²) >= 11 is 0. The van der Waals surface area contributed by atoms with Gasteiger partial charge in [-0.15, -0.1) is 0 Å². The molecular weight excluding hydrogens is 238 g/mol. The smallest absolute Gasteiger partial charge is 0.239 e. The van der Waals surface area contributed by atoms with Crippen LogP contribution in [0.5, 0.6) is 0 Å². The molecule has 0 atom stereocenters. The van der Waals surface area contributed by atoms with Crippen LogP contribution in [0.2, 0.25) is 0 Å². The summed E-state index contributed by atoms with van der Waals surface area (Å²) < 4.78 is 0. The van der Waals surface area contributed by atoms with E-state index < -0.39 is 0 Å². The lowest BCUT2D eigenvalue weighted by Crippen LogP contribution is -2.27. The molecule has 1 saturated carbocycles. The highest BCUT2D eigenvalue weighted by Gasteiger charge is 2.20. The molecule has 1 aliphatic carbocycles. The summed E-state index contributed by atoms with van der Waals surface area (Å²) in [5.41, 5.74) is 3.43. The van der Waals surface area contributed by atoms with Gasteiger partial charge in [0.2, 0.25) is 5.95 Å². The first kappa shape index (κ1) is 14.1. The molecule has 1 aromatic heterocycles. The molecule has 19 heavy (non-hydrogen) atoms. The number of aromatic nitrogens is 2. The van der Waals surface area contributed by atoms with Gasteiger partial charge < -0.3 is 5.32 Å². The van der Waals surface area contributed by atoms with Gasteiger partial charge in [-0.2, -0.15) is 4.98 Å². The number of nitrogens with two attached hydrogens (primary N) is 1. The van der Waals surface area contributed by atoms with Crippen molar-refractivity contribution < 1.29 is 0 Å². The van der Waals surface area contributed by atoms with Crippen LogP contribution in [0.4, 0.5) is 11.8 Å². The number of hydrogen-bond acceptors (Lipinski definition) is 5. The molecule has 0 aliphatic heterocycles. The maximum atomic E-state index is 5.37. The van der Waals surface area contributed by atoms with E-state index in [9.17, 15) is 0 Å². The van der Waals surface area contributed by atoms with Gasteiger partial charge in [0.1, 0.15) is 5.82 Å². The monoisotopic (exact) mass is 263 g/mol. The molecule has 4 N–H and O–H groups in total. The molecule has 5 nitrogen and oxygen atoms in total. The van der Waals surface area contributed by atoms with E-state index in [-0.39, 0.29) is 0 Å². The second-order valence-corrected chi connectivity index (χ2v) is 5.51. The van der Waals surface area contributed by atoms with Crippen molar-refractivity contribution in [3.63, 3.8) is 0 Å². The highest BCUT2D eigenvalue weighted by molar-refractivity contribution is 5.42. The first-order chi connectivity index (χ1) is 9.21. The summed E-state index contributed by atoms with van der Waals surface area (Å²) in [6, 6.07) is 2.51. The number of nitrogens with zero attached hydrogens (tertiary/aromatic N) is 2. The molecule has 106 valence electrons. The van der Waals surface area contributed by atoms with E-state index in [1.807, 2.05) is 13.0 Å². The summed E-state index contributed by atoms with van der Waals surface area (Å²) in [6.07, 6.45) is 7.81. The molecule has 0 bridgehead atoms. The SMILES string of the molecule is CCCC1CCC(Nc2cc(C)nc(NN)n2)CC1. The van der Waals surface area contributed by atoms with Gasteiger partial charge in [-0.05, 0) is 38.5 Å². The third-order valence-corrected chi connectivity index (χ3v) is 3.88. The molecule has 0 radical (unpaired) electrons. The van der Waals surface area contributed by atoms with E-state index in [4.69, 9.17) is 5.84 Å². The number of nitrogens with one attached hydrogen (secondary N) is 2. The van der Waals surface area contributed by atoms with Gasteiger partial charge in [0.25, 0.3) is 0 Å². The van der Waals surface area contributed by atoms with Gasteiger partial charge >= 0.3 is 0 Å². The largest absolute Gasteiger partial charge is 0.367 e. The van der Waals surface area contributed by atoms with Crippen LogP contribution in [-0.2, 0) is 0 Å². The number of anilines is 2. The average Bonchev–Trinajstić information content (AvgIpc) is 2.40. The van der Waals surface area contributed by atoms with E-state index in [1.165, 1.54) is 38.5 Å². The van der Waals surface area contributed by atoms with Crippen LogP contribution in [-0.4, -0.2) is 16.0 Å². The van der Waals surface area contributed by atoms with Crippen molar-refractivity contribution in [1.29, 1.82) is 0 Å². The maximum Gasteiger partial charge on any atom is 0.239 e. The quantitative estimate of drug-likeness (QED) is 0.562. The first-order valence-corrected chi connectivity index (χ1v) is 7.30. The Morgan fingerprint density at radius 1 is 1.26 bits per heavy atom. The molecule has 1 aliphatic rings. The number of aryl methyl sites for hydroxylation is 1. The van der Waals surface area contributed by atoms with Crippen LogP contribution in [0, 0.1) is 12.8 Å². The third-order valence-electron chi connectivity index (χ3n) is 3.88. The zero-order valence-electron chi connectivity index (χ0n) is 11.9. The minimum Gasteiger partial charge on any atom is -0.367 e. The molecule has 1 aromatic rings. The number of rotatable bonds is 5. The van der Waals surface area contributed by atoms with Crippen LogP contribution in [0.25, 0.3) is 0 Å². The molecule has 2 rings (SSSR count). The Morgan fingerprint density at radius 2 is 2.00 bits per heavy atom. The van der Waals surface area contributed by atoms with Crippen LogP contribution in [0.1, 0.15) is 51.1 Å². The van der Waals surface area contributed by atoms with Crippen molar-refractivity contribution in [2.45, 2.75) is 58.4 Å². The standard InChI is InChI=1S/C14H25N5/c1-3-4-11-5-7-12(8-6-11)17-13-9-10(2)16-14(18-13)19-15/h9,11-12H,3-8,15H2,1-2H3,(H2,16,17,18,19). The second-order valence-electron chi connectivity index (χ2n) is 5.51. The molecular formula is C14H25N5. The van der Waals surface area contributed by atoms with Crippen LogP contribution in [0.3, 0.4) is 0 Å². The van der Waals surface area contributed by atoms with E-state index in [1.54, 1.807) is 0 Å².